The lowest BCUT2D eigenvalue weighted by atomic mass is 9.77. The number of rotatable bonds is 6. The van der Waals surface area contributed by atoms with E-state index in [0.717, 1.165) is 24.0 Å². The van der Waals surface area contributed by atoms with E-state index >= 15 is 0 Å². The van der Waals surface area contributed by atoms with Gasteiger partial charge in [-0.3, -0.25) is 28.9 Å². The largest absolute Gasteiger partial charge is 0.488 e. The smallest absolute Gasteiger partial charge is 0.307 e. The van der Waals surface area contributed by atoms with Crippen molar-refractivity contribution in [2.24, 2.45) is 11.8 Å². The van der Waals surface area contributed by atoms with E-state index in [2.05, 4.69) is 0 Å². The second-order valence-electron chi connectivity index (χ2n) is 11.7. The quantitative estimate of drug-likeness (QED) is 0.526. The average Bonchev–Trinajstić information content (AvgIpc) is 3.56. The van der Waals surface area contributed by atoms with Gasteiger partial charge in [0.2, 0.25) is 11.8 Å². The number of carboxylic acids is 1. The molecule has 2 unspecified atom stereocenters. The van der Waals surface area contributed by atoms with Gasteiger partial charge in [-0.2, -0.15) is 0 Å². The number of amides is 4. The summed E-state index contributed by atoms with van der Waals surface area (Å²) in [6.07, 6.45) is 3.43. The van der Waals surface area contributed by atoms with Crippen molar-refractivity contribution in [1.29, 1.82) is 0 Å². The van der Waals surface area contributed by atoms with Gasteiger partial charge < -0.3 is 19.6 Å². The summed E-state index contributed by atoms with van der Waals surface area (Å²) in [5.41, 5.74) is 2.35. The molecule has 2 fully saturated rings. The molecule has 4 aliphatic rings. The van der Waals surface area contributed by atoms with Crippen LogP contribution in [0.15, 0.2) is 42.5 Å². The van der Waals surface area contributed by atoms with Gasteiger partial charge in [0.1, 0.15) is 11.9 Å². The maximum atomic E-state index is 14.2. The molecule has 42 heavy (non-hydrogen) atoms. The van der Waals surface area contributed by atoms with Crippen LogP contribution in [0.25, 0.3) is 0 Å². The monoisotopic (exact) mass is 573 g/mol. The van der Waals surface area contributed by atoms with Crippen LogP contribution in [0, 0.1) is 11.8 Å². The lowest BCUT2D eigenvalue weighted by Crippen LogP contribution is -2.50. The predicted molar refractivity (Wildman–Crippen MR) is 151 cm³/mol. The summed E-state index contributed by atoms with van der Waals surface area (Å²) in [6, 6.07) is 11.7. The number of carbonyl (C=O) groups excluding carboxylic acids is 4. The molecule has 0 aromatic heterocycles. The summed E-state index contributed by atoms with van der Waals surface area (Å²) in [5.74, 6) is -2.96. The number of likely N-dealkylation sites (tertiary alicyclic amines) is 1. The molecule has 3 aliphatic heterocycles. The van der Waals surface area contributed by atoms with Crippen molar-refractivity contribution in [3.8, 4) is 5.75 Å². The first-order valence-corrected chi connectivity index (χ1v) is 14.8. The van der Waals surface area contributed by atoms with E-state index in [4.69, 9.17) is 4.74 Å². The van der Waals surface area contributed by atoms with E-state index in [1.807, 2.05) is 18.2 Å². The highest BCUT2D eigenvalue weighted by molar-refractivity contribution is 6.21. The Hall–Kier alpha value is -4.21. The molecular formula is C32H35N3O7. The second kappa shape index (κ2) is 11.2. The molecule has 1 N–H and O–H groups in total. The van der Waals surface area contributed by atoms with Crippen LogP contribution in [-0.4, -0.2) is 81.7 Å². The maximum absolute atomic E-state index is 14.2. The third-order valence-corrected chi connectivity index (χ3v) is 9.29. The Labute approximate surface area is 244 Å². The summed E-state index contributed by atoms with van der Waals surface area (Å²) in [4.78, 5) is 69.7. The van der Waals surface area contributed by atoms with Gasteiger partial charge in [-0.1, -0.05) is 37.1 Å². The highest BCUT2D eigenvalue weighted by Gasteiger charge is 2.45. The van der Waals surface area contributed by atoms with Gasteiger partial charge in [-0.15, -0.1) is 0 Å². The molecule has 1 saturated carbocycles. The molecule has 0 radical (unpaired) electrons. The van der Waals surface area contributed by atoms with Gasteiger partial charge >= 0.3 is 5.97 Å². The highest BCUT2D eigenvalue weighted by atomic mass is 16.5. The van der Waals surface area contributed by atoms with E-state index in [0.29, 0.717) is 62.2 Å². The molecule has 3 heterocycles. The normalized spacial score (nSPS) is 25.3. The van der Waals surface area contributed by atoms with Crippen LogP contribution in [-0.2, 0) is 20.8 Å². The zero-order chi connectivity index (χ0) is 29.5. The van der Waals surface area contributed by atoms with Crippen LogP contribution in [0.2, 0.25) is 0 Å². The average molecular weight is 574 g/mol. The fourth-order valence-electron chi connectivity index (χ4n) is 7.10. The molecule has 4 atom stereocenters. The molecule has 4 amide bonds. The Bertz CT molecular complexity index is 1420. The van der Waals surface area contributed by atoms with Gasteiger partial charge in [0, 0.05) is 32.0 Å². The number of hydrogen-bond donors (Lipinski definition) is 1. The highest BCUT2D eigenvalue weighted by Crippen LogP contribution is 2.42. The SMILES string of the molecule is CC(=O)N1CCC(Oc2cccc3c2[C@@H](CN2C(=O)c4ccccc4C2=O)N(C(=O)C2CCCC[C@H]2C(=O)O)CC3)C1. The lowest BCUT2D eigenvalue weighted by Gasteiger charge is -2.42. The van der Waals surface area contributed by atoms with Crippen molar-refractivity contribution in [2.75, 3.05) is 26.2 Å². The van der Waals surface area contributed by atoms with Gasteiger partial charge in [-0.25, -0.2) is 0 Å². The van der Waals surface area contributed by atoms with E-state index in [9.17, 15) is 29.1 Å². The van der Waals surface area contributed by atoms with E-state index in [1.165, 1.54) is 11.8 Å². The zero-order valence-corrected chi connectivity index (χ0v) is 23.7. The topological polar surface area (TPSA) is 125 Å². The van der Waals surface area contributed by atoms with Crippen molar-refractivity contribution < 1.29 is 33.8 Å². The van der Waals surface area contributed by atoms with E-state index in [1.54, 1.807) is 34.1 Å². The first kappa shape index (κ1) is 27.9. The number of ether oxygens (including phenoxy) is 1. The minimum atomic E-state index is -0.970. The van der Waals surface area contributed by atoms with Crippen LogP contribution in [0.5, 0.6) is 5.75 Å². The van der Waals surface area contributed by atoms with Gasteiger partial charge in [0.15, 0.2) is 0 Å². The van der Waals surface area contributed by atoms with Gasteiger partial charge in [0.25, 0.3) is 11.8 Å². The number of imide groups is 1. The first-order valence-electron chi connectivity index (χ1n) is 14.8. The predicted octanol–water partition coefficient (Wildman–Crippen LogP) is 3.30. The summed E-state index contributed by atoms with van der Waals surface area (Å²) < 4.78 is 6.48. The molecule has 1 saturated heterocycles. The zero-order valence-electron chi connectivity index (χ0n) is 23.7. The number of carbonyl (C=O) groups is 5. The van der Waals surface area contributed by atoms with E-state index < -0.39 is 35.7 Å². The van der Waals surface area contributed by atoms with Gasteiger partial charge in [0.05, 0.1) is 42.1 Å². The Morgan fingerprint density at radius 3 is 2.24 bits per heavy atom. The molecule has 10 heteroatoms. The standard InChI is InChI=1S/C32H35N3O7/c1-19(36)33-15-14-21(17-33)42-27-12-6-7-20-13-16-34(29(37)24-10-4-5-11-25(24)32(40)41)26(28(20)27)18-35-30(38)22-8-2-3-9-23(22)31(35)39/h2-3,6-9,12,21,24-26H,4-5,10-11,13-18H2,1H3,(H,40,41)/t21?,24?,25-,26-/m1/s1. The first-order chi connectivity index (χ1) is 20.2. The Kier molecular flexibility index (Phi) is 7.47. The van der Waals surface area contributed by atoms with Crippen molar-refractivity contribution in [3.63, 3.8) is 0 Å². The summed E-state index contributed by atoms with van der Waals surface area (Å²) in [6.45, 7) is 2.85. The summed E-state index contributed by atoms with van der Waals surface area (Å²) >= 11 is 0. The van der Waals surface area contributed by atoms with Crippen molar-refractivity contribution >= 4 is 29.6 Å². The number of carboxylic acid groups (broad SMARTS) is 1. The van der Waals surface area contributed by atoms with Crippen LogP contribution < -0.4 is 4.74 Å². The van der Waals surface area contributed by atoms with Gasteiger partial charge in [-0.05, 0) is 43.0 Å². The fraction of sp³-hybridized carbons (Fsp3) is 0.469. The summed E-state index contributed by atoms with van der Waals surface area (Å²) in [7, 11) is 0. The molecule has 0 spiro atoms. The van der Waals surface area contributed by atoms with Crippen LogP contribution >= 0.6 is 0 Å². The minimum Gasteiger partial charge on any atom is -0.488 e. The number of hydrogen-bond acceptors (Lipinski definition) is 6. The van der Waals surface area contributed by atoms with Crippen molar-refractivity contribution in [1.82, 2.24) is 14.7 Å². The molecule has 0 bridgehead atoms. The molecule has 1 aliphatic carbocycles. The fourth-order valence-corrected chi connectivity index (χ4v) is 7.10. The third kappa shape index (κ3) is 4.92. The van der Waals surface area contributed by atoms with Crippen LogP contribution in [0.1, 0.15) is 76.9 Å². The molecular weight excluding hydrogens is 538 g/mol. The number of benzene rings is 2. The van der Waals surface area contributed by atoms with Crippen LogP contribution in [0.3, 0.4) is 0 Å². The van der Waals surface area contributed by atoms with Crippen LogP contribution in [0.4, 0.5) is 0 Å². The Balaban J connectivity index is 1.37. The molecule has 10 nitrogen and oxygen atoms in total. The maximum Gasteiger partial charge on any atom is 0.307 e. The minimum absolute atomic E-state index is 0.0167. The molecule has 6 rings (SSSR count). The van der Waals surface area contributed by atoms with Crippen molar-refractivity contribution in [3.05, 3.63) is 64.7 Å². The van der Waals surface area contributed by atoms with E-state index in [-0.39, 0.29) is 24.5 Å². The third-order valence-electron chi connectivity index (χ3n) is 9.29. The molecule has 2 aromatic rings. The molecule has 2 aromatic carbocycles. The second-order valence-corrected chi connectivity index (χ2v) is 11.7. The number of aliphatic carboxylic acids is 1. The Morgan fingerprint density at radius 1 is 0.905 bits per heavy atom. The Morgan fingerprint density at radius 2 is 1.60 bits per heavy atom. The lowest BCUT2D eigenvalue weighted by molar-refractivity contribution is -0.153. The van der Waals surface area contributed by atoms with Crippen molar-refractivity contribution in [2.45, 2.75) is 57.6 Å². The number of nitrogens with zero attached hydrogens (tertiary/aromatic N) is 3. The number of fused-ring (bicyclic) bond motifs is 2. The summed E-state index contributed by atoms with van der Waals surface area (Å²) in [5, 5.41) is 9.93. The molecule has 220 valence electrons.